The van der Waals surface area contributed by atoms with E-state index in [4.69, 9.17) is 31.8 Å². The molecule has 4 aromatic carbocycles. The molecule has 0 bridgehead atoms. The van der Waals surface area contributed by atoms with Crippen molar-refractivity contribution in [1.29, 1.82) is 0 Å². The van der Waals surface area contributed by atoms with Gasteiger partial charge in [-0.15, -0.1) is 0 Å². The number of hydrogen-bond donors (Lipinski definition) is 4. The molecule has 4 aliphatic rings. The maximum absolute atomic E-state index is 12.6. The number of rotatable bonds is 18. The third kappa shape index (κ3) is 17.1. The number of methoxy groups -OCH3 is 2. The van der Waals surface area contributed by atoms with E-state index in [0.29, 0.717) is 83.1 Å². The smallest absolute Gasteiger partial charge is 0.232 e. The van der Waals surface area contributed by atoms with Crippen LogP contribution in [0.1, 0.15) is 89.2 Å². The number of likely N-dealkylation sites (tertiary alicyclic amines) is 2. The second-order valence-corrected chi connectivity index (χ2v) is 30.1. The van der Waals surface area contributed by atoms with Gasteiger partial charge in [0.25, 0.3) is 0 Å². The lowest BCUT2D eigenvalue weighted by Crippen LogP contribution is -2.46. The van der Waals surface area contributed by atoms with Crippen molar-refractivity contribution >= 4 is 149 Å². The number of fused-ring (bicyclic) bond motifs is 2. The Bertz CT molecular complexity index is 4220. The summed E-state index contributed by atoms with van der Waals surface area (Å²) in [7, 11) is -0.816. The Morgan fingerprint density at radius 1 is 0.558 bits per heavy atom. The standard InChI is InChI=1S/C33H42BrN9O3S.C19H31N3O.C14H12BrClN6O2S/c1-5-22-19-27(29(46-3)20-28(22)43-17-11-23(12-18-43)42-15-7-6-8-16-42)39-33-37-21-24(34)32(40-33)38-26-10-9-25-30(36-14-13-35-25)31(26)41(2)47(4,44)45;1-3-15-13-17(20)19(23-2)14-18(15)22-11-7-16(8-12-22)21-9-5-4-6-10-21;1-22(25(2,23)24)12-10(4-3-9-11(12)18-6-5-17-9)20-13-8(15)7-19-14(16)21-13/h9-10,13-14,19-21,23H,5-8,11-12,15-18H2,1-4H3,(H2,37,38,39,40);13-14,16H,3-12,20H2,1-2H3;3-7H,1-2H3,(H,19,20,21). The van der Waals surface area contributed by atoms with Crippen molar-refractivity contribution in [3.8, 4) is 11.5 Å². The van der Waals surface area contributed by atoms with Crippen molar-refractivity contribution in [3.05, 3.63) is 111 Å². The molecule has 0 atom stereocenters. The molecular formula is C66H85Br2ClN18O6S2. The van der Waals surface area contributed by atoms with E-state index in [2.05, 4.69) is 140 Å². The van der Waals surface area contributed by atoms with Crippen molar-refractivity contribution in [1.82, 2.24) is 49.7 Å². The zero-order valence-electron chi connectivity index (χ0n) is 55.1. The third-order valence-corrected chi connectivity index (χ3v) is 21.8. The van der Waals surface area contributed by atoms with Crippen LogP contribution in [0.5, 0.6) is 11.5 Å². The quantitative estimate of drug-likeness (QED) is 0.0459. The maximum atomic E-state index is 12.6. The van der Waals surface area contributed by atoms with E-state index < -0.39 is 20.0 Å². The summed E-state index contributed by atoms with van der Waals surface area (Å²) in [6.07, 6.45) is 26.5. The number of nitrogens with one attached hydrogen (secondary N) is 3. The first-order chi connectivity index (χ1) is 45.6. The van der Waals surface area contributed by atoms with E-state index in [-0.39, 0.29) is 5.28 Å². The van der Waals surface area contributed by atoms with Gasteiger partial charge in [-0.3, -0.25) is 28.5 Å². The number of nitrogen functional groups attached to an aromatic ring is 1. The van der Waals surface area contributed by atoms with Crippen LogP contribution < -0.4 is 49.6 Å². The van der Waals surface area contributed by atoms with Crippen LogP contribution in [-0.4, -0.2) is 172 Å². The molecule has 0 aliphatic carbocycles. The first-order valence-corrected chi connectivity index (χ1v) is 37.8. The molecule has 8 aromatic rings. The summed E-state index contributed by atoms with van der Waals surface area (Å²) in [6, 6.07) is 16.9. The summed E-state index contributed by atoms with van der Waals surface area (Å²) in [6.45, 7) is 13.8. The second kappa shape index (κ2) is 31.8. The number of halogens is 3. The second-order valence-electron chi connectivity index (χ2n) is 24.1. The molecule has 0 unspecified atom stereocenters. The molecule has 0 spiro atoms. The molecule has 4 aliphatic heterocycles. The molecule has 4 aromatic heterocycles. The molecule has 24 nitrogen and oxygen atoms in total. The lowest BCUT2D eigenvalue weighted by molar-refractivity contribution is 0.141. The number of ether oxygens (including phenoxy) is 2. The van der Waals surface area contributed by atoms with Crippen LogP contribution >= 0.6 is 43.5 Å². The SMILES string of the molecule is CCc1cc(N)c(OC)cc1N1CCC(N2CCCCC2)CC1.CCc1cc(Nc2ncc(Br)c(Nc3ccc4nccnc4c3N(C)S(C)(=O)=O)n2)c(OC)cc1N1CCC(N2CCCCC2)CC1.CN(c1c(Nc2nc(Cl)ncc2Br)ccc2nccnc12)S(C)(=O)=O. The first-order valence-electron chi connectivity index (χ1n) is 32.2. The maximum Gasteiger partial charge on any atom is 0.232 e. The lowest BCUT2D eigenvalue weighted by Gasteiger charge is -2.41. The number of aryl methyl sites for hydroxylation is 2. The third-order valence-electron chi connectivity index (χ3n) is 18.1. The van der Waals surface area contributed by atoms with Crippen LogP contribution in [0.3, 0.4) is 0 Å². The zero-order valence-corrected chi connectivity index (χ0v) is 60.7. The Hall–Kier alpha value is -7.21. The van der Waals surface area contributed by atoms with Gasteiger partial charge in [-0.1, -0.05) is 26.7 Å². The molecule has 0 radical (unpaired) electrons. The molecule has 8 heterocycles. The Kier molecular flexibility index (Phi) is 23.6. The van der Waals surface area contributed by atoms with Gasteiger partial charge in [0.05, 0.1) is 69.5 Å². The summed E-state index contributed by atoms with van der Waals surface area (Å²) in [4.78, 5) is 45.0. The fraction of sp³-hybridized carbons (Fsp3) is 0.455. The zero-order chi connectivity index (χ0) is 67.6. The number of piperidine rings is 4. The van der Waals surface area contributed by atoms with E-state index in [0.717, 1.165) is 79.0 Å². The highest BCUT2D eigenvalue weighted by atomic mass is 79.9. The van der Waals surface area contributed by atoms with Crippen molar-refractivity contribution in [2.75, 3.05) is 133 Å². The van der Waals surface area contributed by atoms with E-state index in [1.165, 1.54) is 150 Å². The van der Waals surface area contributed by atoms with E-state index in [1.807, 2.05) is 0 Å². The minimum atomic E-state index is -3.61. The largest absolute Gasteiger partial charge is 0.495 e. The van der Waals surface area contributed by atoms with Crippen LogP contribution in [0.4, 0.5) is 63.1 Å². The predicted molar refractivity (Wildman–Crippen MR) is 390 cm³/mol. The number of nitrogens with zero attached hydrogens (tertiary/aromatic N) is 14. The lowest BCUT2D eigenvalue weighted by atomic mass is 9.98. The summed E-state index contributed by atoms with van der Waals surface area (Å²) in [5.74, 6) is 2.70. The molecule has 508 valence electrons. The van der Waals surface area contributed by atoms with Gasteiger partial charge in [-0.05, 0) is 181 Å². The van der Waals surface area contributed by atoms with Crippen LogP contribution in [-0.2, 0) is 32.9 Å². The van der Waals surface area contributed by atoms with Gasteiger partial charge in [0, 0.05) is 113 Å². The normalized spacial score (nSPS) is 16.1. The monoisotopic (exact) mass is 1480 g/mol. The summed E-state index contributed by atoms with van der Waals surface area (Å²) >= 11 is 12.7. The van der Waals surface area contributed by atoms with Gasteiger partial charge in [0.1, 0.15) is 45.5 Å². The molecule has 29 heteroatoms. The van der Waals surface area contributed by atoms with E-state index in [9.17, 15) is 16.8 Å². The number of benzene rings is 4. The highest BCUT2D eigenvalue weighted by Crippen LogP contribution is 2.41. The first kappa shape index (κ1) is 70.6. The van der Waals surface area contributed by atoms with Crippen LogP contribution in [0.25, 0.3) is 22.1 Å². The van der Waals surface area contributed by atoms with Crippen molar-refractivity contribution < 1.29 is 26.3 Å². The fourth-order valence-corrected chi connectivity index (χ4v) is 14.6. The highest BCUT2D eigenvalue weighted by Gasteiger charge is 2.30. The molecule has 0 amide bonds. The average molecular weight is 1490 g/mol. The Labute approximate surface area is 579 Å². The molecule has 12 rings (SSSR count). The van der Waals surface area contributed by atoms with Gasteiger partial charge in [0.15, 0.2) is 0 Å². The minimum absolute atomic E-state index is 0.0595. The minimum Gasteiger partial charge on any atom is -0.495 e. The Morgan fingerprint density at radius 3 is 1.44 bits per heavy atom. The number of anilines is 11. The Morgan fingerprint density at radius 2 is 0.989 bits per heavy atom. The van der Waals surface area contributed by atoms with Crippen LogP contribution in [0.15, 0.2) is 94.7 Å². The van der Waals surface area contributed by atoms with Gasteiger partial charge < -0.3 is 50.8 Å². The van der Waals surface area contributed by atoms with Gasteiger partial charge in [0.2, 0.25) is 31.3 Å². The molecule has 4 saturated heterocycles. The van der Waals surface area contributed by atoms with Crippen LogP contribution in [0, 0.1) is 0 Å². The molecule has 95 heavy (non-hydrogen) atoms. The average Bonchev–Trinajstić information content (AvgIpc) is 0.798. The molecule has 5 N–H and O–H groups in total. The predicted octanol–water partition coefficient (Wildman–Crippen LogP) is 12.4. The van der Waals surface area contributed by atoms with Gasteiger partial charge in [-0.2, -0.15) is 9.97 Å². The Balaban J connectivity index is 0.000000172. The van der Waals surface area contributed by atoms with Crippen molar-refractivity contribution in [3.63, 3.8) is 0 Å². The van der Waals surface area contributed by atoms with Crippen LogP contribution in [0.2, 0.25) is 5.28 Å². The molecule has 4 fully saturated rings. The number of nitrogens with two attached hydrogens (primary N) is 1. The van der Waals surface area contributed by atoms with Crippen molar-refractivity contribution in [2.45, 2.75) is 103 Å². The fourth-order valence-electron chi connectivity index (χ4n) is 12.9. The number of hydrogen-bond acceptors (Lipinski definition) is 22. The molecule has 0 saturated carbocycles. The summed E-state index contributed by atoms with van der Waals surface area (Å²) in [5.41, 5.74) is 16.4. The summed E-state index contributed by atoms with van der Waals surface area (Å²) in [5, 5.41) is 9.78. The van der Waals surface area contributed by atoms with E-state index >= 15 is 0 Å². The van der Waals surface area contributed by atoms with Crippen molar-refractivity contribution in [2.24, 2.45) is 0 Å². The van der Waals surface area contributed by atoms with Gasteiger partial charge in [-0.25, -0.2) is 26.8 Å². The number of sulfonamides is 2. The summed E-state index contributed by atoms with van der Waals surface area (Å²) < 4.78 is 64.2. The highest BCUT2D eigenvalue weighted by molar-refractivity contribution is 9.11. The van der Waals surface area contributed by atoms with Gasteiger partial charge >= 0.3 is 0 Å². The number of aromatic nitrogens is 8. The topological polar surface area (TPSA) is 271 Å². The molecular weight excluding hydrogens is 1400 g/mol. The van der Waals surface area contributed by atoms with E-state index in [1.54, 1.807) is 57.1 Å².